The van der Waals surface area contributed by atoms with Crippen LogP contribution in [0, 0.1) is 0 Å². The highest BCUT2D eigenvalue weighted by Gasteiger charge is 2.15. The van der Waals surface area contributed by atoms with Crippen molar-refractivity contribution in [3.05, 3.63) is 28.2 Å². The molecule has 0 spiro atoms. The van der Waals surface area contributed by atoms with Crippen molar-refractivity contribution in [2.75, 3.05) is 18.9 Å². The second-order valence-corrected chi connectivity index (χ2v) is 5.68. The van der Waals surface area contributed by atoms with Crippen LogP contribution < -0.4 is 11.1 Å². The van der Waals surface area contributed by atoms with Crippen LogP contribution in [0.2, 0.25) is 0 Å². The van der Waals surface area contributed by atoms with E-state index in [4.69, 9.17) is 10.5 Å². The van der Waals surface area contributed by atoms with Crippen molar-refractivity contribution in [3.63, 3.8) is 0 Å². The highest BCUT2D eigenvalue weighted by Crippen LogP contribution is 2.20. The Morgan fingerprint density at radius 3 is 2.89 bits per heavy atom. The van der Waals surface area contributed by atoms with Gasteiger partial charge in [0.1, 0.15) is 0 Å². The molecule has 1 fully saturated rings. The monoisotopic (exact) mass is 326 g/mol. The van der Waals surface area contributed by atoms with Crippen LogP contribution in [0.15, 0.2) is 22.7 Å². The average Bonchev–Trinajstić information content (AvgIpc) is 2.90. The average molecular weight is 327 g/mol. The van der Waals surface area contributed by atoms with Gasteiger partial charge in [-0.05, 0) is 31.0 Å². The SMILES string of the molecule is Nc1ccc(Br)cc1C(=O)NCCOC1CCCC1. The molecule has 1 aliphatic rings. The van der Waals surface area contributed by atoms with Crippen molar-refractivity contribution in [1.29, 1.82) is 0 Å². The van der Waals surface area contributed by atoms with Gasteiger partial charge in [-0.25, -0.2) is 0 Å². The van der Waals surface area contributed by atoms with Gasteiger partial charge < -0.3 is 15.8 Å². The van der Waals surface area contributed by atoms with Crippen LogP contribution in [0.5, 0.6) is 0 Å². The first-order valence-electron chi connectivity index (χ1n) is 6.61. The van der Waals surface area contributed by atoms with Crippen LogP contribution >= 0.6 is 15.9 Å². The first-order chi connectivity index (χ1) is 9.16. The third kappa shape index (κ3) is 4.21. The quantitative estimate of drug-likeness (QED) is 0.646. The molecule has 1 amide bonds. The Kier molecular flexibility index (Phi) is 5.22. The summed E-state index contributed by atoms with van der Waals surface area (Å²) < 4.78 is 6.53. The van der Waals surface area contributed by atoms with Crippen molar-refractivity contribution in [1.82, 2.24) is 5.32 Å². The van der Waals surface area contributed by atoms with E-state index in [-0.39, 0.29) is 5.91 Å². The lowest BCUT2D eigenvalue weighted by Gasteiger charge is -2.12. The van der Waals surface area contributed by atoms with E-state index in [1.807, 2.05) is 6.07 Å². The zero-order valence-electron chi connectivity index (χ0n) is 10.8. The lowest BCUT2D eigenvalue weighted by Crippen LogP contribution is -2.29. The molecule has 0 aromatic heterocycles. The number of anilines is 1. The van der Waals surface area contributed by atoms with E-state index in [0.717, 1.165) is 17.3 Å². The Balaban J connectivity index is 1.75. The van der Waals surface area contributed by atoms with Crippen molar-refractivity contribution in [2.45, 2.75) is 31.8 Å². The molecular weight excluding hydrogens is 308 g/mol. The fourth-order valence-corrected chi connectivity index (χ4v) is 2.63. The number of nitrogens with two attached hydrogens (primary N) is 1. The summed E-state index contributed by atoms with van der Waals surface area (Å²) in [6, 6.07) is 5.26. The Labute approximate surface area is 121 Å². The third-order valence-corrected chi connectivity index (χ3v) is 3.80. The first kappa shape index (κ1) is 14.3. The highest BCUT2D eigenvalue weighted by atomic mass is 79.9. The van der Waals surface area contributed by atoms with Crippen LogP contribution in [0.1, 0.15) is 36.0 Å². The molecule has 0 aliphatic heterocycles. The highest BCUT2D eigenvalue weighted by molar-refractivity contribution is 9.10. The normalized spacial score (nSPS) is 15.6. The molecule has 0 saturated heterocycles. The van der Waals surface area contributed by atoms with Gasteiger partial charge in [-0.3, -0.25) is 4.79 Å². The molecular formula is C14H19BrN2O2. The van der Waals surface area contributed by atoms with E-state index >= 15 is 0 Å². The van der Waals surface area contributed by atoms with Crippen molar-refractivity contribution in [2.24, 2.45) is 0 Å². The van der Waals surface area contributed by atoms with Gasteiger partial charge >= 0.3 is 0 Å². The van der Waals surface area contributed by atoms with E-state index in [1.165, 1.54) is 12.8 Å². The zero-order valence-corrected chi connectivity index (χ0v) is 12.4. The van der Waals surface area contributed by atoms with Crippen molar-refractivity contribution < 1.29 is 9.53 Å². The van der Waals surface area contributed by atoms with Crippen LogP contribution in [-0.4, -0.2) is 25.2 Å². The van der Waals surface area contributed by atoms with Gasteiger partial charge in [0, 0.05) is 16.7 Å². The topological polar surface area (TPSA) is 64.4 Å². The number of ether oxygens (including phenoxy) is 1. The van der Waals surface area contributed by atoms with Gasteiger partial charge in [-0.15, -0.1) is 0 Å². The maximum absolute atomic E-state index is 11.9. The van der Waals surface area contributed by atoms with E-state index < -0.39 is 0 Å². The van der Waals surface area contributed by atoms with Crippen LogP contribution in [0.25, 0.3) is 0 Å². The number of carbonyl (C=O) groups excluding carboxylic acids is 1. The number of nitrogen functional groups attached to an aromatic ring is 1. The summed E-state index contributed by atoms with van der Waals surface area (Å²) in [6.07, 6.45) is 5.18. The number of rotatable bonds is 5. The smallest absolute Gasteiger partial charge is 0.253 e. The molecule has 1 aliphatic carbocycles. The Hall–Kier alpha value is -1.07. The summed E-state index contributed by atoms with van der Waals surface area (Å²) in [4.78, 5) is 11.9. The molecule has 0 unspecified atom stereocenters. The minimum absolute atomic E-state index is 0.158. The van der Waals surface area contributed by atoms with E-state index in [0.29, 0.717) is 30.5 Å². The molecule has 2 rings (SSSR count). The van der Waals surface area contributed by atoms with Gasteiger partial charge in [0.25, 0.3) is 5.91 Å². The van der Waals surface area contributed by atoms with Crippen LogP contribution in [0.3, 0.4) is 0 Å². The number of carbonyl (C=O) groups is 1. The molecule has 0 bridgehead atoms. The molecule has 0 heterocycles. The third-order valence-electron chi connectivity index (χ3n) is 3.30. The molecule has 3 N–H and O–H groups in total. The van der Waals surface area contributed by atoms with Gasteiger partial charge in [0.05, 0.1) is 18.3 Å². The lowest BCUT2D eigenvalue weighted by molar-refractivity contribution is 0.0582. The summed E-state index contributed by atoms with van der Waals surface area (Å²) >= 11 is 3.33. The van der Waals surface area contributed by atoms with Gasteiger partial charge in [-0.1, -0.05) is 28.8 Å². The Bertz CT molecular complexity index is 445. The van der Waals surface area contributed by atoms with Gasteiger partial charge in [-0.2, -0.15) is 0 Å². The molecule has 0 radical (unpaired) electrons. The minimum atomic E-state index is -0.158. The summed E-state index contributed by atoms with van der Waals surface area (Å²) in [5.74, 6) is -0.158. The Morgan fingerprint density at radius 2 is 2.16 bits per heavy atom. The number of hydrogen-bond acceptors (Lipinski definition) is 3. The molecule has 19 heavy (non-hydrogen) atoms. The molecule has 5 heteroatoms. The fraction of sp³-hybridized carbons (Fsp3) is 0.500. The standard InChI is InChI=1S/C14H19BrN2O2/c15-10-5-6-13(16)12(9-10)14(18)17-7-8-19-11-3-1-2-4-11/h5-6,9,11H,1-4,7-8,16H2,(H,17,18). The molecule has 0 atom stereocenters. The second-order valence-electron chi connectivity index (χ2n) is 4.76. The van der Waals surface area contributed by atoms with Crippen LogP contribution in [0.4, 0.5) is 5.69 Å². The Morgan fingerprint density at radius 1 is 1.42 bits per heavy atom. The predicted molar refractivity (Wildman–Crippen MR) is 79.1 cm³/mol. The fourth-order valence-electron chi connectivity index (χ4n) is 2.27. The summed E-state index contributed by atoms with van der Waals surface area (Å²) in [7, 11) is 0. The van der Waals surface area contributed by atoms with Gasteiger partial charge in [0.15, 0.2) is 0 Å². The van der Waals surface area contributed by atoms with Crippen LogP contribution in [-0.2, 0) is 4.74 Å². The number of hydrogen-bond donors (Lipinski definition) is 2. The maximum Gasteiger partial charge on any atom is 0.253 e. The molecule has 1 aromatic carbocycles. The maximum atomic E-state index is 11.9. The summed E-state index contributed by atoms with van der Waals surface area (Å²) in [5, 5.41) is 2.83. The number of nitrogens with one attached hydrogen (secondary N) is 1. The molecule has 4 nitrogen and oxygen atoms in total. The molecule has 1 saturated carbocycles. The van der Waals surface area contributed by atoms with Gasteiger partial charge in [0.2, 0.25) is 0 Å². The largest absolute Gasteiger partial charge is 0.398 e. The van der Waals surface area contributed by atoms with Crippen molar-refractivity contribution >= 4 is 27.5 Å². The summed E-state index contributed by atoms with van der Waals surface area (Å²) in [6.45, 7) is 1.08. The molecule has 1 aromatic rings. The number of halogens is 1. The number of amides is 1. The second kappa shape index (κ2) is 6.91. The van der Waals surface area contributed by atoms with E-state index in [2.05, 4.69) is 21.2 Å². The van der Waals surface area contributed by atoms with E-state index in [1.54, 1.807) is 12.1 Å². The zero-order chi connectivity index (χ0) is 13.7. The first-order valence-corrected chi connectivity index (χ1v) is 7.41. The minimum Gasteiger partial charge on any atom is -0.398 e. The lowest BCUT2D eigenvalue weighted by atomic mass is 10.1. The summed E-state index contributed by atoms with van der Waals surface area (Å²) in [5.41, 5.74) is 6.76. The van der Waals surface area contributed by atoms with Crippen molar-refractivity contribution in [3.8, 4) is 0 Å². The number of benzene rings is 1. The molecule has 104 valence electrons. The predicted octanol–water partition coefficient (Wildman–Crippen LogP) is 2.72. The van der Waals surface area contributed by atoms with E-state index in [9.17, 15) is 4.79 Å².